The third-order valence-corrected chi connectivity index (χ3v) is 6.57. The molecule has 8 nitrogen and oxygen atoms in total. The summed E-state index contributed by atoms with van der Waals surface area (Å²) in [6.07, 6.45) is 4.63. The molecule has 0 amide bonds. The van der Waals surface area contributed by atoms with Crippen LogP contribution in [0.5, 0.6) is 0 Å². The molecular formula is C24H33NO7S. The number of rotatable bonds is 15. The highest BCUT2D eigenvalue weighted by Gasteiger charge is 2.19. The molecule has 0 aliphatic rings. The molecule has 182 valence electrons. The van der Waals surface area contributed by atoms with Crippen molar-refractivity contribution in [3.05, 3.63) is 36.4 Å². The van der Waals surface area contributed by atoms with Crippen LogP contribution in [0.4, 0.5) is 5.69 Å². The maximum atomic E-state index is 12.8. The standard InChI is InChI=1S/C24H33NO7S/c1-25(2)21-13-9-12-20-19(21)11-10-14-22(20)33(29,30)32-18-8-6-4-3-5-7-17-31-24(28)16-15-23(26)27/h9-14H,3-8,15-18H2,1-2H3,(H,26,27). The van der Waals surface area contributed by atoms with Gasteiger partial charge in [0.25, 0.3) is 10.1 Å². The molecule has 2 aromatic rings. The summed E-state index contributed by atoms with van der Waals surface area (Å²) >= 11 is 0. The summed E-state index contributed by atoms with van der Waals surface area (Å²) in [5, 5.41) is 10.0. The minimum atomic E-state index is -3.86. The number of carbonyl (C=O) groups excluding carboxylic acids is 1. The van der Waals surface area contributed by atoms with E-state index < -0.39 is 22.1 Å². The molecule has 2 rings (SSSR count). The van der Waals surface area contributed by atoms with Crippen molar-refractivity contribution in [3.63, 3.8) is 0 Å². The zero-order valence-corrected chi connectivity index (χ0v) is 20.1. The van der Waals surface area contributed by atoms with Crippen LogP contribution in [0.25, 0.3) is 10.8 Å². The highest BCUT2D eigenvalue weighted by molar-refractivity contribution is 7.87. The number of carboxylic acids is 1. The predicted molar refractivity (Wildman–Crippen MR) is 127 cm³/mol. The van der Waals surface area contributed by atoms with E-state index in [-0.39, 0.29) is 24.3 Å². The molecule has 1 N–H and O–H groups in total. The van der Waals surface area contributed by atoms with E-state index in [1.165, 1.54) is 0 Å². The van der Waals surface area contributed by atoms with Crippen molar-refractivity contribution in [1.29, 1.82) is 0 Å². The van der Waals surface area contributed by atoms with Gasteiger partial charge >= 0.3 is 11.9 Å². The number of ether oxygens (including phenoxy) is 1. The summed E-state index contributed by atoms with van der Waals surface area (Å²) in [5.41, 5.74) is 0.944. The summed E-state index contributed by atoms with van der Waals surface area (Å²) in [5.74, 6) is -1.50. The molecule has 0 aromatic heterocycles. The minimum Gasteiger partial charge on any atom is -0.481 e. The fourth-order valence-electron chi connectivity index (χ4n) is 3.48. The lowest BCUT2D eigenvalue weighted by atomic mass is 10.1. The van der Waals surface area contributed by atoms with Crippen molar-refractivity contribution in [3.8, 4) is 0 Å². The van der Waals surface area contributed by atoms with Gasteiger partial charge in [-0.2, -0.15) is 8.42 Å². The Labute approximate surface area is 195 Å². The van der Waals surface area contributed by atoms with Gasteiger partial charge in [0.05, 0.1) is 26.1 Å². The van der Waals surface area contributed by atoms with E-state index >= 15 is 0 Å². The second-order valence-electron chi connectivity index (χ2n) is 8.03. The number of carbonyl (C=O) groups is 2. The van der Waals surface area contributed by atoms with Gasteiger partial charge in [-0.15, -0.1) is 0 Å². The molecule has 0 bridgehead atoms. The van der Waals surface area contributed by atoms with E-state index in [9.17, 15) is 18.0 Å². The summed E-state index contributed by atoms with van der Waals surface area (Å²) in [6.45, 7) is 0.424. The average Bonchev–Trinajstić information content (AvgIpc) is 2.77. The van der Waals surface area contributed by atoms with Gasteiger partial charge in [0, 0.05) is 30.6 Å². The van der Waals surface area contributed by atoms with Gasteiger partial charge in [-0.3, -0.25) is 13.8 Å². The first-order chi connectivity index (χ1) is 15.7. The van der Waals surface area contributed by atoms with Crippen molar-refractivity contribution >= 4 is 38.5 Å². The van der Waals surface area contributed by atoms with E-state index in [1.807, 2.05) is 37.2 Å². The molecule has 0 saturated heterocycles. The smallest absolute Gasteiger partial charge is 0.306 e. The van der Waals surface area contributed by atoms with Gasteiger partial charge in [-0.05, 0) is 25.0 Å². The molecule has 0 fully saturated rings. The normalized spacial score (nSPS) is 11.5. The topological polar surface area (TPSA) is 110 Å². The predicted octanol–water partition coefficient (Wildman–Crippen LogP) is 4.36. The molecule has 33 heavy (non-hydrogen) atoms. The summed E-state index contributed by atoms with van der Waals surface area (Å²) < 4.78 is 35.8. The van der Waals surface area contributed by atoms with E-state index in [4.69, 9.17) is 14.0 Å². The second-order valence-corrected chi connectivity index (χ2v) is 9.62. The Bertz CT molecular complexity index is 1030. The van der Waals surface area contributed by atoms with E-state index in [0.29, 0.717) is 18.4 Å². The third kappa shape index (κ3) is 8.66. The molecular weight excluding hydrogens is 446 g/mol. The van der Waals surface area contributed by atoms with Crippen LogP contribution >= 0.6 is 0 Å². The summed E-state index contributed by atoms with van der Waals surface area (Å²) in [6, 6.07) is 10.8. The Hall–Kier alpha value is -2.65. The lowest BCUT2D eigenvalue weighted by molar-refractivity contribution is -0.147. The first-order valence-corrected chi connectivity index (χ1v) is 12.6. The van der Waals surface area contributed by atoms with Crippen LogP contribution in [0.3, 0.4) is 0 Å². The molecule has 2 aromatic carbocycles. The third-order valence-electron chi connectivity index (χ3n) is 5.19. The Morgan fingerprint density at radius 1 is 0.848 bits per heavy atom. The SMILES string of the molecule is CN(C)c1cccc2c(S(=O)(=O)OCCCCCCCCOC(=O)CCC(=O)O)cccc12. The minimum absolute atomic E-state index is 0.103. The number of fused-ring (bicyclic) bond motifs is 1. The first kappa shape index (κ1) is 26.6. The number of hydrogen-bond donors (Lipinski definition) is 1. The van der Waals surface area contributed by atoms with E-state index in [2.05, 4.69) is 0 Å². The highest BCUT2D eigenvalue weighted by atomic mass is 32.2. The molecule has 0 aliphatic heterocycles. The van der Waals surface area contributed by atoms with Gasteiger partial charge in [-0.25, -0.2) is 0 Å². The molecule has 9 heteroatoms. The van der Waals surface area contributed by atoms with Crippen LogP contribution < -0.4 is 4.90 Å². The zero-order chi connectivity index (χ0) is 24.3. The molecule has 0 radical (unpaired) electrons. The fraction of sp³-hybridized carbons (Fsp3) is 0.500. The molecule has 0 heterocycles. The van der Waals surface area contributed by atoms with Crippen molar-refractivity contribution in [2.24, 2.45) is 0 Å². The molecule has 0 atom stereocenters. The van der Waals surface area contributed by atoms with Gasteiger partial charge in [0.15, 0.2) is 0 Å². The lowest BCUT2D eigenvalue weighted by Crippen LogP contribution is -2.11. The van der Waals surface area contributed by atoms with Crippen LogP contribution in [0.1, 0.15) is 51.4 Å². The van der Waals surface area contributed by atoms with Gasteiger partial charge in [-0.1, -0.05) is 49.9 Å². The maximum absolute atomic E-state index is 12.8. The number of carboxylic acid groups (broad SMARTS) is 1. The van der Waals surface area contributed by atoms with Crippen molar-refractivity contribution in [2.75, 3.05) is 32.2 Å². The molecule has 0 unspecified atom stereocenters. The monoisotopic (exact) mass is 479 g/mol. The van der Waals surface area contributed by atoms with Crippen LogP contribution in [0.2, 0.25) is 0 Å². The molecule has 0 aliphatic carbocycles. The fourth-order valence-corrected chi connectivity index (χ4v) is 4.64. The van der Waals surface area contributed by atoms with Crippen molar-refractivity contribution in [2.45, 2.75) is 56.3 Å². The van der Waals surface area contributed by atoms with E-state index in [1.54, 1.807) is 18.2 Å². The number of benzene rings is 2. The Morgan fingerprint density at radius 2 is 1.45 bits per heavy atom. The molecule has 0 spiro atoms. The maximum Gasteiger partial charge on any atom is 0.306 e. The zero-order valence-electron chi connectivity index (χ0n) is 19.3. The Morgan fingerprint density at radius 3 is 2.12 bits per heavy atom. The number of unbranched alkanes of at least 4 members (excludes halogenated alkanes) is 5. The van der Waals surface area contributed by atoms with E-state index in [0.717, 1.165) is 43.2 Å². The van der Waals surface area contributed by atoms with Crippen molar-refractivity contribution in [1.82, 2.24) is 0 Å². The number of aliphatic carboxylic acids is 1. The van der Waals surface area contributed by atoms with Gasteiger partial charge in [0.1, 0.15) is 4.90 Å². The van der Waals surface area contributed by atoms with Crippen LogP contribution in [-0.4, -0.2) is 52.8 Å². The Balaban J connectivity index is 1.68. The largest absolute Gasteiger partial charge is 0.481 e. The van der Waals surface area contributed by atoms with Crippen LogP contribution in [0, 0.1) is 0 Å². The van der Waals surface area contributed by atoms with Gasteiger partial charge < -0.3 is 14.7 Å². The number of hydrogen-bond acceptors (Lipinski definition) is 7. The average molecular weight is 480 g/mol. The van der Waals surface area contributed by atoms with Gasteiger partial charge in [0.2, 0.25) is 0 Å². The highest BCUT2D eigenvalue weighted by Crippen LogP contribution is 2.31. The number of esters is 1. The van der Waals surface area contributed by atoms with Crippen molar-refractivity contribution < 1.29 is 32.0 Å². The number of anilines is 1. The second kappa shape index (κ2) is 13.2. The summed E-state index contributed by atoms with van der Waals surface area (Å²) in [7, 11) is -0.0199. The van der Waals surface area contributed by atoms with Crippen LogP contribution in [0.15, 0.2) is 41.3 Å². The summed E-state index contributed by atoms with van der Waals surface area (Å²) in [4.78, 5) is 23.8. The first-order valence-electron chi connectivity index (χ1n) is 11.2. The molecule has 0 saturated carbocycles. The Kier molecular flexibility index (Phi) is 10.6. The lowest BCUT2D eigenvalue weighted by Gasteiger charge is -2.16. The quantitative estimate of drug-likeness (QED) is 0.228. The number of nitrogens with zero attached hydrogens (tertiary/aromatic N) is 1. The van der Waals surface area contributed by atoms with Crippen LogP contribution in [-0.2, 0) is 28.6 Å².